The number of rotatable bonds is 10. The number of amides is 1. The van der Waals surface area contributed by atoms with Crippen LogP contribution in [0.25, 0.3) is 0 Å². The van der Waals surface area contributed by atoms with E-state index >= 15 is 0 Å². The third-order valence-electron chi connectivity index (χ3n) is 5.92. The van der Waals surface area contributed by atoms with Crippen molar-refractivity contribution in [1.29, 1.82) is 5.26 Å². The fourth-order valence-corrected chi connectivity index (χ4v) is 4.14. The maximum Gasteiger partial charge on any atom is 0.251 e. The maximum absolute atomic E-state index is 12.8. The normalized spacial score (nSPS) is 14.8. The molecule has 0 saturated carbocycles. The highest BCUT2D eigenvalue weighted by molar-refractivity contribution is 5.94. The van der Waals surface area contributed by atoms with Gasteiger partial charge >= 0.3 is 0 Å². The number of hydrogen-bond acceptors (Lipinski definition) is 5. The molecule has 0 atom stereocenters. The molecule has 1 saturated heterocycles. The number of benzene rings is 1. The first-order valence-electron chi connectivity index (χ1n) is 11.8. The smallest absolute Gasteiger partial charge is 0.251 e. The summed E-state index contributed by atoms with van der Waals surface area (Å²) in [6, 6.07) is 13.6. The highest BCUT2D eigenvalue weighted by atomic mass is 16.5. The van der Waals surface area contributed by atoms with Crippen molar-refractivity contribution in [3.63, 3.8) is 0 Å². The topological polar surface area (TPSA) is 78.2 Å². The van der Waals surface area contributed by atoms with Crippen LogP contribution in [0.2, 0.25) is 0 Å². The fourth-order valence-electron chi connectivity index (χ4n) is 4.14. The molecule has 0 bridgehead atoms. The van der Waals surface area contributed by atoms with Crippen LogP contribution in [0.1, 0.15) is 73.9 Å². The van der Waals surface area contributed by atoms with Crippen LogP contribution in [0.15, 0.2) is 42.6 Å². The summed E-state index contributed by atoms with van der Waals surface area (Å²) in [5.74, 6) is 0.465. The molecule has 0 radical (unpaired) electrons. The Balaban J connectivity index is 1.48. The van der Waals surface area contributed by atoms with Crippen LogP contribution in [-0.4, -0.2) is 41.0 Å². The molecule has 0 aliphatic carbocycles. The van der Waals surface area contributed by atoms with Crippen LogP contribution in [0.5, 0.6) is 5.88 Å². The molecule has 1 aromatic carbocycles. The van der Waals surface area contributed by atoms with E-state index < -0.39 is 0 Å². The van der Waals surface area contributed by atoms with E-state index in [0.29, 0.717) is 17.0 Å². The van der Waals surface area contributed by atoms with Crippen molar-refractivity contribution in [1.82, 2.24) is 15.2 Å². The zero-order chi connectivity index (χ0) is 22.8. The lowest BCUT2D eigenvalue weighted by atomic mass is 10.0. The van der Waals surface area contributed by atoms with Gasteiger partial charge in [0.15, 0.2) is 0 Å². The van der Waals surface area contributed by atoms with Crippen LogP contribution in [0.4, 0.5) is 0 Å². The van der Waals surface area contributed by atoms with Crippen molar-refractivity contribution in [3.05, 3.63) is 59.3 Å². The number of ether oxygens (including phenoxy) is 1. The van der Waals surface area contributed by atoms with Gasteiger partial charge in [0.25, 0.3) is 5.91 Å². The molecule has 32 heavy (non-hydrogen) atoms. The van der Waals surface area contributed by atoms with E-state index in [1.165, 1.54) is 5.56 Å². The fraction of sp³-hybridized carbons (Fsp3) is 0.500. The Morgan fingerprint density at radius 3 is 2.50 bits per heavy atom. The molecule has 1 amide bonds. The van der Waals surface area contributed by atoms with Gasteiger partial charge in [0.05, 0.1) is 11.6 Å². The Morgan fingerprint density at radius 2 is 1.88 bits per heavy atom. The molecule has 6 nitrogen and oxygen atoms in total. The number of nitriles is 1. The van der Waals surface area contributed by atoms with Crippen LogP contribution in [-0.2, 0) is 6.54 Å². The van der Waals surface area contributed by atoms with Crippen molar-refractivity contribution < 1.29 is 9.53 Å². The summed E-state index contributed by atoms with van der Waals surface area (Å²) in [5.41, 5.74) is 2.49. The predicted octanol–water partition coefficient (Wildman–Crippen LogP) is 4.70. The minimum atomic E-state index is -0.0645. The lowest BCUT2D eigenvalue weighted by molar-refractivity contribution is 0.0907. The summed E-state index contributed by atoms with van der Waals surface area (Å²) in [4.78, 5) is 19.5. The number of carbonyl (C=O) groups is 1. The lowest BCUT2D eigenvalue weighted by Crippen LogP contribution is -2.44. The number of nitrogens with zero attached hydrogens (tertiary/aromatic N) is 3. The second-order valence-electron chi connectivity index (χ2n) is 8.53. The van der Waals surface area contributed by atoms with Crippen LogP contribution in [0, 0.1) is 11.3 Å². The first-order valence-corrected chi connectivity index (χ1v) is 11.8. The monoisotopic (exact) mass is 434 g/mol. The molecular formula is C26H34N4O2. The number of piperidine rings is 1. The first kappa shape index (κ1) is 23.7. The number of nitrogens with one attached hydrogen (secondary N) is 1. The Labute approximate surface area is 191 Å². The van der Waals surface area contributed by atoms with Gasteiger partial charge in [-0.1, -0.05) is 38.8 Å². The van der Waals surface area contributed by atoms with Crippen LogP contribution >= 0.6 is 0 Å². The molecule has 2 heterocycles. The summed E-state index contributed by atoms with van der Waals surface area (Å²) in [6.45, 7) is 7.04. The average Bonchev–Trinajstić information content (AvgIpc) is 2.81. The third kappa shape index (κ3) is 7.06. The summed E-state index contributed by atoms with van der Waals surface area (Å²) in [5, 5.41) is 12.1. The van der Waals surface area contributed by atoms with Gasteiger partial charge in [0, 0.05) is 43.5 Å². The molecule has 1 aromatic heterocycles. The molecule has 1 aliphatic heterocycles. The average molecular weight is 435 g/mol. The zero-order valence-corrected chi connectivity index (χ0v) is 19.2. The van der Waals surface area contributed by atoms with E-state index in [9.17, 15) is 4.79 Å². The Kier molecular flexibility index (Phi) is 9.06. The molecule has 0 unspecified atom stereocenters. The largest absolute Gasteiger partial charge is 0.474 e. The summed E-state index contributed by atoms with van der Waals surface area (Å²) in [6.07, 6.45) is 7.76. The second-order valence-corrected chi connectivity index (χ2v) is 8.53. The van der Waals surface area contributed by atoms with Crippen LogP contribution < -0.4 is 10.1 Å². The minimum absolute atomic E-state index is 0.0645. The standard InChI is InChI=1S/C26H34N4O2/c1-3-5-24(6-4-2)32-25-17-22(11-14-28-25)26(31)29-23-12-15-30(16-13-23)19-21-9-7-20(18-27)8-10-21/h7-11,14,17,23-24H,3-6,12-13,15-16,19H2,1-2H3,(H,29,31). The van der Waals surface area contributed by atoms with E-state index in [-0.39, 0.29) is 18.1 Å². The number of pyridine rings is 1. The molecule has 3 rings (SSSR count). The van der Waals surface area contributed by atoms with E-state index in [4.69, 9.17) is 10.00 Å². The lowest BCUT2D eigenvalue weighted by Gasteiger charge is -2.32. The van der Waals surface area contributed by atoms with Crippen molar-refractivity contribution in [3.8, 4) is 11.9 Å². The molecule has 1 fully saturated rings. The van der Waals surface area contributed by atoms with Gasteiger partial charge in [-0.25, -0.2) is 4.98 Å². The van der Waals surface area contributed by atoms with Gasteiger partial charge in [-0.3, -0.25) is 9.69 Å². The zero-order valence-electron chi connectivity index (χ0n) is 19.2. The second kappa shape index (κ2) is 12.2. The maximum atomic E-state index is 12.8. The Morgan fingerprint density at radius 1 is 1.19 bits per heavy atom. The first-order chi connectivity index (χ1) is 15.6. The van der Waals surface area contributed by atoms with Crippen molar-refractivity contribution in [2.24, 2.45) is 0 Å². The highest BCUT2D eigenvalue weighted by Crippen LogP contribution is 2.18. The van der Waals surface area contributed by atoms with Crippen molar-refractivity contribution in [2.75, 3.05) is 13.1 Å². The number of likely N-dealkylation sites (tertiary alicyclic amines) is 1. The molecule has 0 spiro atoms. The van der Waals surface area contributed by atoms with Crippen molar-refractivity contribution >= 4 is 5.91 Å². The molecule has 2 aromatic rings. The van der Waals surface area contributed by atoms with Crippen molar-refractivity contribution in [2.45, 2.75) is 71.1 Å². The van der Waals surface area contributed by atoms with E-state index in [1.807, 2.05) is 24.3 Å². The van der Waals surface area contributed by atoms with E-state index in [2.05, 4.69) is 35.1 Å². The highest BCUT2D eigenvalue weighted by Gasteiger charge is 2.22. The number of carbonyl (C=O) groups excluding carboxylic acids is 1. The predicted molar refractivity (Wildman–Crippen MR) is 125 cm³/mol. The van der Waals surface area contributed by atoms with Gasteiger partial charge in [0.1, 0.15) is 6.10 Å². The molecule has 1 aliphatic rings. The molecule has 6 heteroatoms. The Bertz CT molecular complexity index is 893. The molecular weight excluding hydrogens is 400 g/mol. The van der Waals surface area contributed by atoms with E-state index in [0.717, 1.165) is 58.2 Å². The van der Waals surface area contributed by atoms with Crippen LogP contribution in [0.3, 0.4) is 0 Å². The van der Waals surface area contributed by atoms with E-state index in [1.54, 1.807) is 18.3 Å². The number of hydrogen-bond donors (Lipinski definition) is 1. The SMILES string of the molecule is CCCC(CCC)Oc1cc(C(=O)NC2CCN(Cc3ccc(C#N)cc3)CC2)ccn1. The van der Waals surface area contributed by atoms with Gasteiger partial charge in [0.2, 0.25) is 5.88 Å². The molecule has 170 valence electrons. The minimum Gasteiger partial charge on any atom is -0.474 e. The Hall–Kier alpha value is -2.91. The van der Waals surface area contributed by atoms with Gasteiger partial charge in [-0.05, 0) is 49.4 Å². The number of aromatic nitrogens is 1. The van der Waals surface area contributed by atoms with Gasteiger partial charge in [-0.2, -0.15) is 5.26 Å². The summed E-state index contributed by atoms with van der Waals surface area (Å²) < 4.78 is 6.05. The quantitative estimate of drug-likeness (QED) is 0.587. The van der Waals surface area contributed by atoms with Gasteiger partial charge in [-0.15, -0.1) is 0 Å². The summed E-state index contributed by atoms with van der Waals surface area (Å²) in [7, 11) is 0. The third-order valence-corrected chi connectivity index (χ3v) is 5.92. The van der Waals surface area contributed by atoms with Gasteiger partial charge < -0.3 is 10.1 Å². The summed E-state index contributed by atoms with van der Waals surface area (Å²) >= 11 is 0. The molecule has 1 N–H and O–H groups in total.